The summed E-state index contributed by atoms with van der Waals surface area (Å²) in [6.07, 6.45) is 0.628. The Hall–Kier alpha value is -1.96. The Morgan fingerprint density at radius 1 is 1.19 bits per heavy atom. The number of anilines is 1. The summed E-state index contributed by atoms with van der Waals surface area (Å²) >= 11 is 0. The van der Waals surface area contributed by atoms with Gasteiger partial charge in [0.15, 0.2) is 0 Å². The average Bonchev–Trinajstić information content (AvgIpc) is 2.62. The van der Waals surface area contributed by atoms with Crippen molar-refractivity contribution in [3.05, 3.63) is 53.8 Å². The van der Waals surface area contributed by atoms with E-state index in [1.54, 1.807) is 19.9 Å². The predicted octanol–water partition coefficient (Wildman–Crippen LogP) is 3.28. The minimum atomic E-state index is -3.36. The molecule has 3 N–H and O–H groups in total. The second-order valence-electron chi connectivity index (χ2n) is 7.14. The molecule has 0 aromatic heterocycles. The van der Waals surface area contributed by atoms with E-state index in [1.807, 2.05) is 24.3 Å². The summed E-state index contributed by atoms with van der Waals surface area (Å²) < 4.78 is 46.2. The zero-order chi connectivity index (χ0) is 19.6. The Bertz CT molecular complexity index is 898. The Labute approximate surface area is 159 Å². The van der Waals surface area contributed by atoms with Crippen LogP contribution in [0, 0.1) is 5.82 Å². The first kappa shape index (κ1) is 19.8. The number of nitrogens with two attached hydrogens (primary N) is 1. The number of nitrogen functional groups attached to an aromatic ring is 1. The lowest BCUT2D eigenvalue weighted by atomic mass is 9.88. The van der Waals surface area contributed by atoms with Gasteiger partial charge in [0.2, 0.25) is 10.0 Å². The lowest BCUT2D eigenvalue weighted by Crippen LogP contribution is -2.46. The van der Waals surface area contributed by atoms with E-state index in [4.69, 9.17) is 10.5 Å². The molecule has 3 rings (SSSR count). The molecular weight excluding hydrogens is 367 g/mol. The van der Waals surface area contributed by atoms with E-state index in [2.05, 4.69) is 4.72 Å². The van der Waals surface area contributed by atoms with Crippen LogP contribution < -0.4 is 10.5 Å². The second-order valence-corrected chi connectivity index (χ2v) is 9.41. The van der Waals surface area contributed by atoms with Gasteiger partial charge in [-0.2, -0.15) is 0 Å². The minimum absolute atomic E-state index is 0.0631. The minimum Gasteiger partial charge on any atom is -0.398 e. The summed E-state index contributed by atoms with van der Waals surface area (Å²) in [5, 5.41) is -0.482. The highest BCUT2D eigenvalue weighted by atomic mass is 32.2. The van der Waals surface area contributed by atoms with Crippen LogP contribution in [0.3, 0.4) is 0 Å². The van der Waals surface area contributed by atoms with Gasteiger partial charge >= 0.3 is 0 Å². The number of hydrogen-bond acceptors (Lipinski definition) is 4. The highest BCUT2D eigenvalue weighted by molar-refractivity contribution is 7.90. The molecule has 2 aromatic carbocycles. The molecule has 0 bridgehead atoms. The number of rotatable bonds is 5. The topological polar surface area (TPSA) is 81.4 Å². The Balaban J connectivity index is 1.84. The van der Waals surface area contributed by atoms with Crippen molar-refractivity contribution < 1.29 is 17.5 Å². The van der Waals surface area contributed by atoms with E-state index in [1.165, 1.54) is 12.1 Å². The third kappa shape index (κ3) is 4.48. The number of ether oxygens (including phenoxy) is 1. The van der Waals surface area contributed by atoms with Crippen molar-refractivity contribution in [2.75, 3.05) is 18.9 Å². The molecule has 0 aliphatic carbocycles. The average molecular weight is 392 g/mol. The summed E-state index contributed by atoms with van der Waals surface area (Å²) in [4.78, 5) is 0. The SMILES string of the molecule is CC(C)S(=O)(=O)N[C@H]1CCOC[C@H]1c1ccc(-c2ccc(F)cc2N)cc1. The summed E-state index contributed by atoms with van der Waals surface area (Å²) in [5.74, 6) is -0.431. The van der Waals surface area contributed by atoms with Crippen molar-refractivity contribution in [2.24, 2.45) is 0 Å². The molecule has 0 unspecified atom stereocenters. The number of hydrogen-bond donors (Lipinski definition) is 2. The maximum absolute atomic E-state index is 13.3. The van der Waals surface area contributed by atoms with Gasteiger partial charge in [0.05, 0.1) is 11.9 Å². The molecule has 1 saturated heterocycles. The normalized spacial score (nSPS) is 20.7. The van der Waals surface area contributed by atoms with Crippen LogP contribution in [0.5, 0.6) is 0 Å². The van der Waals surface area contributed by atoms with Crippen LogP contribution in [0.1, 0.15) is 31.7 Å². The molecule has 0 amide bonds. The van der Waals surface area contributed by atoms with Gasteiger partial charge in [-0.3, -0.25) is 0 Å². The first-order valence-electron chi connectivity index (χ1n) is 9.02. The molecule has 0 radical (unpaired) electrons. The number of sulfonamides is 1. The molecule has 5 nitrogen and oxygen atoms in total. The molecule has 2 aromatic rings. The first-order valence-corrected chi connectivity index (χ1v) is 10.6. The molecule has 1 aliphatic rings. The molecule has 1 aliphatic heterocycles. The van der Waals surface area contributed by atoms with Crippen molar-refractivity contribution >= 4 is 15.7 Å². The van der Waals surface area contributed by atoms with Crippen molar-refractivity contribution in [3.8, 4) is 11.1 Å². The van der Waals surface area contributed by atoms with E-state index in [0.29, 0.717) is 25.3 Å². The van der Waals surface area contributed by atoms with Crippen molar-refractivity contribution in [1.29, 1.82) is 0 Å². The first-order chi connectivity index (χ1) is 12.8. The van der Waals surface area contributed by atoms with E-state index < -0.39 is 15.3 Å². The van der Waals surface area contributed by atoms with Crippen molar-refractivity contribution in [2.45, 2.75) is 37.5 Å². The van der Waals surface area contributed by atoms with Crippen molar-refractivity contribution in [3.63, 3.8) is 0 Å². The van der Waals surface area contributed by atoms with Gasteiger partial charge in [-0.25, -0.2) is 17.5 Å². The van der Waals surface area contributed by atoms with Crippen LogP contribution in [0.15, 0.2) is 42.5 Å². The van der Waals surface area contributed by atoms with Crippen LogP contribution in [0.25, 0.3) is 11.1 Å². The van der Waals surface area contributed by atoms with Crippen LogP contribution in [0.2, 0.25) is 0 Å². The van der Waals surface area contributed by atoms with E-state index in [9.17, 15) is 12.8 Å². The standard InChI is InChI=1S/C20H25FN2O3S/c1-13(2)27(24,25)23-20-9-10-26-12-18(20)15-5-3-14(4-6-15)17-8-7-16(21)11-19(17)22/h3-8,11,13,18,20,23H,9-10,12,22H2,1-2H3/t18-,20-/m0/s1. The third-order valence-corrected chi connectivity index (χ3v) is 6.83. The van der Waals surface area contributed by atoms with E-state index >= 15 is 0 Å². The molecular formula is C20H25FN2O3S. The van der Waals surface area contributed by atoms with E-state index in [-0.39, 0.29) is 17.8 Å². The Kier molecular flexibility index (Phi) is 5.83. The fraction of sp³-hybridized carbons (Fsp3) is 0.400. The number of halogens is 1. The third-order valence-electron chi connectivity index (χ3n) is 4.96. The molecule has 0 spiro atoms. The molecule has 0 saturated carbocycles. The summed E-state index contributed by atoms with van der Waals surface area (Å²) in [7, 11) is -3.36. The highest BCUT2D eigenvalue weighted by Crippen LogP contribution is 2.31. The summed E-state index contributed by atoms with van der Waals surface area (Å²) in [6, 6.07) is 11.9. The van der Waals surface area contributed by atoms with Gasteiger partial charge in [-0.1, -0.05) is 24.3 Å². The van der Waals surface area contributed by atoms with Gasteiger partial charge in [0, 0.05) is 29.8 Å². The summed E-state index contributed by atoms with van der Waals surface area (Å²) in [5.41, 5.74) is 8.94. The number of benzene rings is 2. The molecule has 1 fully saturated rings. The zero-order valence-corrected chi connectivity index (χ0v) is 16.3. The zero-order valence-electron chi connectivity index (χ0n) is 15.5. The molecule has 27 heavy (non-hydrogen) atoms. The van der Waals surface area contributed by atoms with Gasteiger partial charge < -0.3 is 10.5 Å². The molecule has 2 atom stereocenters. The predicted molar refractivity (Wildman–Crippen MR) is 105 cm³/mol. The van der Waals surface area contributed by atoms with Crippen LogP contribution in [0.4, 0.5) is 10.1 Å². The maximum Gasteiger partial charge on any atom is 0.214 e. The number of nitrogens with one attached hydrogen (secondary N) is 1. The van der Waals surface area contributed by atoms with Crippen LogP contribution in [-0.2, 0) is 14.8 Å². The highest BCUT2D eigenvalue weighted by Gasteiger charge is 2.31. The van der Waals surface area contributed by atoms with E-state index in [0.717, 1.165) is 16.7 Å². The van der Waals surface area contributed by atoms with Crippen LogP contribution in [-0.4, -0.2) is 32.9 Å². The fourth-order valence-corrected chi connectivity index (χ4v) is 4.24. The maximum atomic E-state index is 13.3. The smallest absolute Gasteiger partial charge is 0.214 e. The molecule has 1 heterocycles. The van der Waals surface area contributed by atoms with Gasteiger partial charge in [-0.15, -0.1) is 0 Å². The van der Waals surface area contributed by atoms with Gasteiger partial charge in [0.25, 0.3) is 0 Å². The molecule has 146 valence electrons. The van der Waals surface area contributed by atoms with Gasteiger partial charge in [-0.05, 0) is 49.6 Å². The lowest BCUT2D eigenvalue weighted by molar-refractivity contribution is 0.0653. The fourth-order valence-electron chi connectivity index (χ4n) is 3.26. The van der Waals surface area contributed by atoms with Crippen LogP contribution >= 0.6 is 0 Å². The quantitative estimate of drug-likeness (QED) is 0.765. The Morgan fingerprint density at radius 2 is 1.89 bits per heavy atom. The van der Waals surface area contributed by atoms with Gasteiger partial charge in [0.1, 0.15) is 5.82 Å². The molecule has 7 heteroatoms. The largest absolute Gasteiger partial charge is 0.398 e. The Morgan fingerprint density at radius 3 is 2.52 bits per heavy atom. The summed E-state index contributed by atoms with van der Waals surface area (Å²) in [6.45, 7) is 4.33. The lowest BCUT2D eigenvalue weighted by Gasteiger charge is -2.33. The monoisotopic (exact) mass is 392 g/mol. The van der Waals surface area contributed by atoms with Crippen molar-refractivity contribution in [1.82, 2.24) is 4.72 Å². The second kappa shape index (κ2) is 7.96.